The molecule has 19 heavy (non-hydrogen) atoms. The van der Waals surface area contributed by atoms with Gasteiger partial charge in [-0.15, -0.1) is 0 Å². The summed E-state index contributed by atoms with van der Waals surface area (Å²) in [7, 11) is 1.53. The van der Waals surface area contributed by atoms with Gasteiger partial charge < -0.3 is 4.74 Å². The first-order valence-electron chi connectivity index (χ1n) is 5.65. The van der Waals surface area contributed by atoms with Gasteiger partial charge in [-0.25, -0.2) is 0 Å². The molecule has 0 fully saturated rings. The molecule has 0 atom stereocenters. The van der Waals surface area contributed by atoms with E-state index in [-0.39, 0.29) is 5.91 Å². The van der Waals surface area contributed by atoms with Gasteiger partial charge in [0.2, 0.25) is 0 Å². The minimum absolute atomic E-state index is 0.271. The predicted molar refractivity (Wildman–Crippen MR) is 75.5 cm³/mol. The molecule has 0 aliphatic heterocycles. The number of amides is 1. The number of benzene rings is 2. The van der Waals surface area contributed by atoms with E-state index in [1.807, 2.05) is 6.07 Å². The van der Waals surface area contributed by atoms with Crippen LogP contribution in [0, 0.1) is 0 Å². The van der Waals surface area contributed by atoms with Crippen LogP contribution in [0.4, 0.5) is 5.69 Å². The lowest BCUT2D eigenvalue weighted by Crippen LogP contribution is -2.29. The van der Waals surface area contributed by atoms with E-state index in [0.717, 1.165) is 5.69 Å². The first-order chi connectivity index (χ1) is 9.20. The van der Waals surface area contributed by atoms with Crippen LogP contribution in [0.2, 0.25) is 5.02 Å². The molecule has 0 aliphatic rings. The molecule has 0 saturated carbocycles. The Kier molecular flexibility index (Phi) is 4.26. The smallest absolute Gasteiger partial charge is 0.273 e. The van der Waals surface area contributed by atoms with Crippen LogP contribution in [0.15, 0.2) is 48.5 Å². The molecule has 0 spiro atoms. The molecule has 2 rings (SSSR count). The number of ether oxygens (including phenoxy) is 1. The number of methoxy groups -OCH3 is 1. The zero-order chi connectivity index (χ0) is 13.7. The van der Waals surface area contributed by atoms with Crippen LogP contribution >= 0.6 is 11.6 Å². The van der Waals surface area contributed by atoms with Crippen LogP contribution in [0.3, 0.4) is 0 Å². The second kappa shape index (κ2) is 6.11. The van der Waals surface area contributed by atoms with Crippen molar-refractivity contribution in [2.75, 3.05) is 12.5 Å². The summed E-state index contributed by atoms with van der Waals surface area (Å²) in [5, 5.41) is 0.640. The molecular weight excluding hydrogens is 264 g/mol. The Morgan fingerprint density at radius 2 is 1.79 bits per heavy atom. The molecular formula is C14H13ClN2O2. The van der Waals surface area contributed by atoms with E-state index in [9.17, 15) is 4.79 Å². The largest absolute Gasteiger partial charge is 0.496 e. The zero-order valence-electron chi connectivity index (χ0n) is 10.3. The summed E-state index contributed by atoms with van der Waals surface area (Å²) in [6.07, 6.45) is 0. The molecule has 5 heteroatoms. The van der Waals surface area contributed by atoms with Crippen molar-refractivity contribution in [2.24, 2.45) is 0 Å². The van der Waals surface area contributed by atoms with Gasteiger partial charge in [-0.2, -0.15) is 0 Å². The van der Waals surface area contributed by atoms with Crippen LogP contribution in [0.1, 0.15) is 10.4 Å². The summed E-state index contributed by atoms with van der Waals surface area (Å²) in [5.74, 6) is 0.255. The number of para-hydroxylation sites is 1. The molecule has 2 aromatic rings. The van der Waals surface area contributed by atoms with Gasteiger partial charge in [0.25, 0.3) is 5.91 Å². The molecule has 0 bridgehead atoms. The second-order valence-corrected chi connectivity index (χ2v) is 4.22. The minimum Gasteiger partial charge on any atom is -0.496 e. The molecule has 0 aromatic heterocycles. The standard InChI is InChI=1S/C14H13ClN2O2/c1-19-13-5-3-2-4-12(13)14(18)17-16-11-8-6-10(15)7-9-11/h2-9,16H,1H3,(H,17,18). The van der Waals surface area contributed by atoms with E-state index < -0.39 is 0 Å². The number of carbonyl (C=O) groups excluding carboxylic acids is 1. The molecule has 4 nitrogen and oxygen atoms in total. The van der Waals surface area contributed by atoms with Gasteiger partial charge in [-0.1, -0.05) is 23.7 Å². The molecule has 0 unspecified atom stereocenters. The van der Waals surface area contributed by atoms with Gasteiger partial charge in [0.1, 0.15) is 5.75 Å². The van der Waals surface area contributed by atoms with E-state index >= 15 is 0 Å². The lowest BCUT2D eigenvalue weighted by molar-refractivity contribution is 0.0959. The molecule has 0 saturated heterocycles. The number of halogens is 1. The normalized spacial score (nSPS) is 9.79. The summed E-state index contributed by atoms with van der Waals surface area (Å²) < 4.78 is 5.13. The molecule has 98 valence electrons. The maximum atomic E-state index is 12.0. The van der Waals surface area contributed by atoms with E-state index in [1.54, 1.807) is 42.5 Å². The maximum Gasteiger partial charge on any atom is 0.273 e. The first-order valence-corrected chi connectivity index (χ1v) is 6.03. The topological polar surface area (TPSA) is 50.4 Å². The molecule has 0 radical (unpaired) electrons. The van der Waals surface area contributed by atoms with Crippen molar-refractivity contribution in [2.45, 2.75) is 0 Å². The maximum absolute atomic E-state index is 12.0. The summed E-state index contributed by atoms with van der Waals surface area (Å²) in [4.78, 5) is 12.0. The van der Waals surface area contributed by atoms with Crippen molar-refractivity contribution in [3.05, 3.63) is 59.1 Å². The highest BCUT2D eigenvalue weighted by molar-refractivity contribution is 6.30. The predicted octanol–water partition coefficient (Wildman–Crippen LogP) is 3.11. The Morgan fingerprint density at radius 1 is 1.11 bits per heavy atom. The second-order valence-electron chi connectivity index (χ2n) is 3.79. The van der Waals surface area contributed by atoms with Crippen molar-refractivity contribution in [3.8, 4) is 5.75 Å². The Balaban J connectivity index is 2.03. The van der Waals surface area contributed by atoms with Crippen molar-refractivity contribution >= 4 is 23.2 Å². The molecule has 2 aromatic carbocycles. The fourth-order valence-corrected chi connectivity index (χ4v) is 1.69. The fraction of sp³-hybridized carbons (Fsp3) is 0.0714. The summed E-state index contributed by atoms with van der Waals surface area (Å²) in [5.41, 5.74) is 6.61. The molecule has 0 heterocycles. The number of hydrogen-bond donors (Lipinski definition) is 2. The van der Waals surface area contributed by atoms with Gasteiger partial charge in [0.15, 0.2) is 0 Å². The number of carbonyl (C=O) groups is 1. The van der Waals surface area contributed by atoms with Crippen LogP contribution in [-0.2, 0) is 0 Å². The molecule has 2 N–H and O–H groups in total. The van der Waals surface area contributed by atoms with E-state index in [1.165, 1.54) is 7.11 Å². The fourth-order valence-electron chi connectivity index (χ4n) is 1.56. The van der Waals surface area contributed by atoms with Gasteiger partial charge in [-0.05, 0) is 36.4 Å². The Hall–Kier alpha value is -2.20. The number of hydrazine groups is 1. The Morgan fingerprint density at radius 3 is 2.47 bits per heavy atom. The highest BCUT2D eigenvalue weighted by Gasteiger charge is 2.10. The highest BCUT2D eigenvalue weighted by atomic mass is 35.5. The van der Waals surface area contributed by atoms with Crippen LogP contribution in [0.25, 0.3) is 0 Å². The van der Waals surface area contributed by atoms with Crippen molar-refractivity contribution in [1.29, 1.82) is 0 Å². The van der Waals surface area contributed by atoms with Crippen LogP contribution < -0.4 is 15.6 Å². The average molecular weight is 277 g/mol. The summed E-state index contributed by atoms with van der Waals surface area (Å²) in [6.45, 7) is 0. The number of hydrogen-bond acceptors (Lipinski definition) is 3. The van der Waals surface area contributed by atoms with E-state index in [0.29, 0.717) is 16.3 Å². The van der Waals surface area contributed by atoms with Crippen molar-refractivity contribution in [1.82, 2.24) is 5.43 Å². The number of rotatable bonds is 4. The zero-order valence-corrected chi connectivity index (χ0v) is 11.1. The minimum atomic E-state index is -0.271. The number of anilines is 1. The number of nitrogens with one attached hydrogen (secondary N) is 2. The summed E-state index contributed by atoms with van der Waals surface area (Å²) >= 11 is 5.78. The van der Waals surface area contributed by atoms with E-state index in [2.05, 4.69) is 10.9 Å². The first kappa shape index (κ1) is 13.2. The van der Waals surface area contributed by atoms with Gasteiger partial charge in [0, 0.05) is 5.02 Å². The quantitative estimate of drug-likeness (QED) is 0.844. The van der Waals surface area contributed by atoms with Crippen molar-refractivity contribution in [3.63, 3.8) is 0 Å². The van der Waals surface area contributed by atoms with Gasteiger partial charge >= 0.3 is 0 Å². The molecule has 1 amide bonds. The van der Waals surface area contributed by atoms with Crippen LogP contribution in [-0.4, -0.2) is 13.0 Å². The highest BCUT2D eigenvalue weighted by Crippen LogP contribution is 2.17. The third-order valence-corrected chi connectivity index (χ3v) is 2.77. The van der Waals surface area contributed by atoms with Gasteiger partial charge in [0.05, 0.1) is 18.4 Å². The SMILES string of the molecule is COc1ccccc1C(=O)NNc1ccc(Cl)cc1. The van der Waals surface area contributed by atoms with E-state index in [4.69, 9.17) is 16.3 Å². The lowest BCUT2D eigenvalue weighted by Gasteiger charge is -2.10. The monoisotopic (exact) mass is 276 g/mol. The lowest BCUT2D eigenvalue weighted by atomic mass is 10.2. The Labute approximate surface area is 116 Å². The third kappa shape index (κ3) is 3.39. The summed E-state index contributed by atoms with van der Waals surface area (Å²) in [6, 6.07) is 14.0. The molecule has 0 aliphatic carbocycles. The third-order valence-electron chi connectivity index (χ3n) is 2.52. The average Bonchev–Trinajstić information content (AvgIpc) is 2.46. The van der Waals surface area contributed by atoms with Gasteiger partial charge in [-0.3, -0.25) is 15.6 Å². The van der Waals surface area contributed by atoms with Crippen LogP contribution in [0.5, 0.6) is 5.75 Å². The Bertz CT molecular complexity index is 570. The van der Waals surface area contributed by atoms with Crippen molar-refractivity contribution < 1.29 is 9.53 Å².